The zero-order chi connectivity index (χ0) is 12.3. The number of ether oxygens (including phenoxy) is 2. The minimum atomic E-state index is -1.16. The van der Waals surface area contributed by atoms with E-state index in [2.05, 4.69) is 0 Å². The first-order valence-electron chi connectivity index (χ1n) is 4.35. The summed E-state index contributed by atoms with van der Waals surface area (Å²) in [5.41, 5.74) is 5.59. The van der Waals surface area contributed by atoms with Crippen molar-refractivity contribution in [1.29, 1.82) is 0 Å². The Morgan fingerprint density at radius 2 is 1.94 bits per heavy atom. The van der Waals surface area contributed by atoms with Crippen LogP contribution in [0, 0.1) is 0 Å². The highest BCUT2D eigenvalue weighted by Gasteiger charge is 2.15. The topological polar surface area (TPSA) is 98.8 Å². The molecule has 3 N–H and O–H groups in total. The molecule has 0 spiro atoms. The molecule has 0 unspecified atom stereocenters. The van der Waals surface area contributed by atoms with Gasteiger partial charge in [0.15, 0.2) is 11.5 Å². The first kappa shape index (κ1) is 15.0. The number of hydrogen-bond acceptors (Lipinski definition) is 5. The molecule has 6 nitrogen and oxygen atoms in total. The van der Waals surface area contributed by atoms with Gasteiger partial charge in [0.05, 0.1) is 18.4 Å². The number of benzene rings is 1. The molecule has 0 amide bonds. The van der Waals surface area contributed by atoms with Gasteiger partial charge in [-0.1, -0.05) is 0 Å². The molecule has 0 bridgehead atoms. The average Bonchev–Trinajstić information content (AvgIpc) is 2.16. The Bertz CT molecular complexity index is 447. The van der Waals surface area contributed by atoms with E-state index >= 15 is 0 Å². The monoisotopic (exact) mass is 261 g/mol. The number of aromatic carboxylic acids is 1. The molecule has 0 aliphatic carbocycles. The number of methoxy groups -OCH3 is 1. The summed E-state index contributed by atoms with van der Waals surface area (Å²) in [6.07, 6.45) is 0. The van der Waals surface area contributed by atoms with Gasteiger partial charge in [-0.25, -0.2) is 4.79 Å². The highest BCUT2D eigenvalue weighted by Crippen LogP contribution is 2.34. The lowest BCUT2D eigenvalue weighted by molar-refractivity contribution is -0.132. The van der Waals surface area contributed by atoms with Crippen molar-refractivity contribution in [2.75, 3.05) is 12.8 Å². The van der Waals surface area contributed by atoms with Gasteiger partial charge >= 0.3 is 11.9 Å². The maximum absolute atomic E-state index is 10.8. The molecule has 0 radical (unpaired) electrons. The number of carbonyl (C=O) groups is 2. The number of carbonyl (C=O) groups excluding carboxylic acids is 1. The molecular weight excluding hydrogens is 250 g/mol. The highest BCUT2D eigenvalue weighted by molar-refractivity contribution is 5.91. The Kier molecular flexibility index (Phi) is 5.27. The summed E-state index contributed by atoms with van der Waals surface area (Å²) in [7, 11) is 1.35. The molecule has 0 aliphatic heterocycles. The van der Waals surface area contributed by atoms with Crippen molar-refractivity contribution in [1.82, 2.24) is 0 Å². The number of carboxylic acids is 1. The van der Waals surface area contributed by atoms with Crippen LogP contribution in [0.5, 0.6) is 11.5 Å². The van der Waals surface area contributed by atoms with Gasteiger partial charge in [-0.05, 0) is 12.1 Å². The molecule has 1 rings (SSSR count). The lowest BCUT2D eigenvalue weighted by Crippen LogP contribution is -2.07. The Labute approximate surface area is 104 Å². The summed E-state index contributed by atoms with van der Waals surface area (Å²) < 4.78 is 9.72. The number of anilines is 1. The highest BCUT2D eigenvalue weighted by atomic mass is 35.5. The standard InChI is InChI=1S/C10H11NO5.ClH/c1-5(12)16-8-4-6(10(13)14)3-7(11)9(8)15-2;/h3-4H,11H2,1-2H3,(H,13,14);1H. The average molecular weight is 262 g/mol. The Hall–Kier alpha value is -1.95. The third-order valence-electron chi connectivity index (χ3n) is 1.79. The summed E-state index contributed by atoms with van der Waals surface area (Å²) in [4.78, 5) is 21.6. The molecule has 17 heavy (non-hydrogen) atoms. The third-order valence-corrected chi connectivity index (χ3v) is 1.79. The Morgan fingerprint density at radius 1 is 1.35 bits per heavy atom. The summed E-state index contributed by atoms with van der Waals surface area (Å²) in [6, 6.07) is 2.41. The molecule has 0 saturated carbocycles. The van der Waals surface area contributed by atoms with E-state index in [1.807, 2.05) is 0 Å². The van der Waals surface area contributed by atoms with Crippen molar-refractivity contribution in [3.8, 4) is 11.5 Å². The second-order valence-corrected chi connectivity index (χ2v) is 3.00. The zero-order valence-electron chi connectivity index (χ0n) is 9.22. The van der Waals surface area contributed by atoms with Gasteiger partial charge in [0.2, 0.25) is 0 Å². The number of nitrogen functional groups attached to an aromatic ring is 1. The normalized spacial score (nSPS) is 9.06. The quantitative estimate of drug-likeness (QED) is 0.484. The van der Waals surface area contributed by atoms with Crippen LogP contribution in [0.4, 0.5) is 5.69 Å². The number of hydrogen-bond donors (Lipinski definition) is 2. The fourth-order valence-corrected chi connectivity index (χ4v) is 1.20. The number of carboxylic acid groups (broad SMARTS) is 1. The van der Waals surface area contributed by atoms with Crippen LogP contribution in [0.15, 0.2) is 12.1 Å². The Balaban J connectivity index is 0.00000256. The van der Waals surface area contributed by atoms with E-state index in [4.69, 9.17) is 20.3 Å². The van der Waals surface area contributed by atoms with Gasteiger partial charge in [-0.2, -0.15) is 0 Å². The van der Waals surface area contributed by atoms with Crippen LogP contribution < -0.4 is 15.2 Å². The van der Waals surface area contributed by atoms with Gasteiger partial charge in [-0.3, -0.25) is 4.79 Å². The number of halogens is 1. The van der Waals surface area contributed by atoms with Crippen LogP contribution in [0.1, 0.15) is 17.3 Å². The first-order valence-corrected chi connectivity index (χ1v) is 4.35. The Morgan fingerprint density at radius 3 is 2.35 bits per heavy atom. The smallest absolute Gasteiger partial charge is 0.335 e. The molecule has 1 aromatic carbocycles. The lowest BCUT2D eigenvalue weighted by Gasteiger charge is -2.11. The molecule has 94 valence electrons. The molecule has 0 aliphatic rings. The van der Waals surface area contributed by atoms with E-state index in [1.165, 1.54) is 26.2 Å². The molecule has 7 heteroatoms. The van der Waals surface area contributed by atoms with E-state index in [0.717, 1.165) is 0 Å². The van der Waals surface area contributed by atoms with E-state index in [0.29, 0.717) is 0 Å². The minimum absolute atomic E-state index is 0. The van der Waals surface area contributed by atoms with Gasteiger partial charge in [-0.15, -0.1) is 12.4 Å². The van der Waals surface area contributed by atoms with Gasteiger partial charge in [0.25, 0.3) is 0 Å². The third kappa shape index (κ3) is 3.53. The fraction of sp³-hybridized carbons (Fsp3) is 0.200. The largest absolute Gasteiger partial charge is 0.491 e. The maximum atomic E-state index is 10.8. The van der Waals surface area contributed by atoms with Crippen LogP contribution in [-0.2, 0) is 4.79 Å². The second kappa shape index (κ2) is 5.95. The molecule has 0 heterocycles. The molecule has 0 atom stereocenters. The van der Waals surface area contributed by atoms with Crippen LogP contribution in [-0.4, -0.2) is 24.2 Å². The van der Waals surface area contributed by atoms with E-state index < -0.39 is 11.9 Å². The summed E-state index contributed by atoms with van der Waals surface area (Å²) in [5, 5.41) is 8.79. The molecule has 0 saturated heterocycles. The zero-order valence-corrected chi connectivity index (χ0v) is 10.0. The maximum Gasteiger partial charge on any atom is 0.335 e. The number of rotatable bonds is 3. The summed E-state index contributed by atoms with van der Waals surface area (Å²) in [6.45, 7) is 1.20. The van der Waals surface area contributed by atoms with Crippen LogP contribution in [0.2, 0.25) is 0 Å². The molecule has 1 aromatic rings. The van der Waals surface area contributed by atoms with Gasteiger partial charge in [0.1, 0.15) is 0 Å². The predicted octanol–water partition coefficient (Wildman–Crippen LogP) is 1.32. The number of nitrogens with two attached hydrogens (primary N) is 1. The van der Waals surface area contributed by atoms with Crippen molar-refractivity contribution in [2.24, 2.45) is 0 Å². The van der Waals surface area contributed by atoms with E-state index in [1.54, 1.807) is 0 Å². The minimum Gasteiger partial charge on any atom is -0.491 e. The van der Waals surface area contributed by atoms with Crippen LogP contribution in [0.3, 0.4) is 0 Å². The molecule has 0 fully saturated rings. The number of esters is 1. The fourth-order valence-electron chi connectivity index (χ4n) is 1.20. The molecule has 0 aromatic heterocycles. The summed E-state index contributed by atoms with van der Waals surface area (Å²) in [5.74, 6) is -1.62. The van der Waals surface area contributed by atoms with Gasteiger partial charge in [0, 0.05) is 6.92 Å². The van der Waals surface area contributed by atoms with E-state index in [-0.39, 0.29) is 35.2 Å². The van der Waals surface area contributed by atoms with Crippen LogP contribution in [0.25, 0.3) is 0 Å². The predicted molar refractivity (Wildman–Crippen MR) is 62.9 cm³/mol. The van der Waals surface area contributed by atoms with Crippen molar-refractivity contribution >= 4 is 30.0 Å². The SMILES string of the molecule is COc1c(N)cc(C(=O)O)cc1OC(C)=O.Cl. The van der Waals surface area contributed by atoms with E-state index in [9.17, 15) is 9.59 Å². The summed E-state index contributed by atoms with van der Waals surface area (Å²) >= 11 is 0. The molecular formula is C10H12ClNO5. The van der Waals surface area contributed by atoms with Crippen molar-refractivity contribution in [3.63, 3.8) is 0 Å². The van der Waals surface area contributed by atoms with Crippen molar-refractivity contribution < 1.29 is 24.2 Å². The van der Waals surface area contributed by atoms with Gasteiger partial charge < -0.3 is 20.3 Å². The first-order chi connectivity index (χ1) is 7.45. The van der Waals surface area contributed by atoms with Crippen LogP contribution >= 0.6 is 12.4 Å². The lowest BCUT2D eigenvalue weighted by atomic mass is 10.1. The van der Waals surface area contributed by atoms with Crippen molar-refractivity contribution in [2.45, 2.75) is 6.92 Å². The van der Waals surface area contributed by atoms with Crippen molar-refractivity contribution in [3.05, 3.63) is 17.7 Å². The second-order valence-electron chi connectivity index (χ2n) is 3.00.